The number of hydrogen-bond donors (Lipinski definition) is 2. The van der Waals surface area contributed by atoms with Crippen LogP contribution >= 0.6 is 0 Å². The third kappa shape index (κ3) is 4.64. The van der Waals surface area contributed by atoms with Crippen LogP contribution < -0.4 is 29.8 Å². The summed E-state index contributed by atoms with van der Waals surface area (Å²) in [5.41, 5.74) is 7.43. The van der Waals surface area contributed by atoms with Gasteiger partial charge < -0.3 is 23.4 Å². The Morgan fingerprint density at radius 1 is 0.657 bits per heavy atom. The summed E-state index contributed by atoms with van der Waals surface area (Å²) in [5.74, 6) is 1.17. The van der Waals surface area contributed by atoms with E-state index in [4.69, 9.17) is 23.4 Å². The summed E-state index contributed by atoms with van der Waals surface area (Å²) < 4.78 is 26.6. The second-order valence-electron chi connectivity index (χ2n) is 7.58. The summed E-state index contributed by atoms with van der Waals surface area (Å²) in [4.78, 5) is 24.8. The molecule has 178 valence electrons. The number of nitrogens with one attached hydrogen (secondary N) is 2. The summed E-state index contributed by atoms with van der Waals surface area (Å²) in [7, 11) is 0. The van der Waals surface area contributed by atoms with Gasteiger partial charge in [-0.25, -0.2) is 10.9 Å². The Labute approximate surface area is 199 Å². The summed E-state index contributed by atoms with van der Waals surface area (Å²) in [6.07, 6.45) is 0. The van der Waals surface area contributed by atoms with Crippen LogP contribution in [-0.2, 0) is 0 Å². The molecule has 0 aliphatic carbocycles. The number of rotatable bonds is 6. The molecule has 3 aromatic rings. The SMILES string of the molecule is C/C(=N/NC(=O)c1ccc(C(=O)N/N=C(/C)c2ccc3c(c2)OCO3)o1)c1ccc2c(c1)OCO2. The van der Waals surface area contributed by atoms with Crippen LogP contribution in [0, 0.1) is 0 Å². The van der Waals surface area contributed by atoms with Gasteiger partial charge in [-0.3, -0.25) is 9.59 Å². The zero-order valence-corrected chi connectivity index (χ0v) is 18.8. The lowest BCUT2D eigenvalue weighted by Crippen LogP contribution is -2.20. The normalized spacial score (nSPS) is 14.1. The zero-order valence-electron chi connectivity index (χ0n) is 18.8. The lowest BCUT2D eigenvalue weighted by atomic mass is 10.1. The van der Waals surface area contributed by atoms with E-state index in [-0.39, 0.29) is 25.1 Å². The largest absolute Gasteiger partial charge is 0.454 e. The number of carbonyl (C=O) groups is 2. The molecule has 11 heteroatoms. The highest BCUT2D eigenvalue weighted by Gasteiger charge is 2.18. The highest BCUT2D eigenvalue weighted by molar-refractivity contribution is 6.02. The lowest BCUT2D eigenvalue weighted by Gasteiger charge is -2.04. The van der Waals surface area contributed by atoms with Gasteiger partial charge in [0.2, 0.25) is 13.6 Å². The van der Waals surface area contributed by atoms with E-state index in [1.165, 1.54) is 12.1 Å². The number of benzene rings is 2. The third-order valence-corrected chi connectivity index (χ3v) is 5.28. The average Bonchev–Trinajstić information content (AvgIpc) is 3.64. The van der Waals surface area contributed by atoms with Gasteiger partial charge in [-0.15, -0.1) is 0 Å². The van der Waals surface area contributed by atoms with Crippen molar-refractivity contribution < 1.29 is 33.0 Å². The number of carbonyl (C=O) groups excluding carboxylic acids is 2. The smallest absolute Gasteiger partial charge is 0.307 e. The molecule has 11 nitrogen and oxygen atoms in total. The molecule has 0 bridgehead atoms. The highest BCUT2D eigenvalue weighted by Crippen LogP contribution is 2.33. The van der Waals surface area contributed by atoms with Crippen LogP contribution in [0.4, 0.5) is 0 Å². The van der Waals surface area contributed by atoms with Crippen LogP contribution in [0.5, 0.6) is 23.0 Å². The molecule has 0 spiro atoms. The number of fused-ring (bicyclic) bond motifs is 2. The molecule has 2 aliphatic heterocycles. The molecule has 5 rings (SSSR count). The van der Waals surface area contributed by atoms with Gasteiger partial charge in [-0.2, -0.15) is 10.2 Å². The van der Waals surface area contributed by atoms with Gasteiger partial charge in [-0.1, -0.05) is 0 Å². The van der Waals surface area contributed by atoms with Gasteiger partial charge in [0.05, 0.1) is 11.4 Å². The highest BCUT2D eigenvalue weighted by atomic mass is 16.7. The van der Waals surface area contributed by atoms with E-state index in [2.05, 4.69) is 21.1 Å². The predicted molar refractivity (Wildman–Crippen MR) is 123 cm³/mol. The molecular formula is C24H20N4O7. The van der Waals surface area contributed by atoms with Crippen molar-refractivity contribution in [3.63, 3.8) is 0 Å². The van der Waals surface area contributed by atoms with Crippen LogP contribution in [0.2, 0.25) is 0 Å². The van der Waals surface area contributed by atoms with E-state index in [1.807, 2.05) is 0 Å². The number of furan rings is 1. The topological polar surface area (TPSA) is 133 Å². The van der Waals surface area contributed by atoms with Gasteiger partial charge >= 0.3 is 11.8 Å². The van der Waals surface area contributed by atoms with E-state index in [9.17, 15) is 9.59 Å². The molecule has 0 saturated heterocycles. The first-order chi connectivity index (χ1) is 17.0. The second kappa shape index (κ2) is 9.21. The number of nitrogens with zero attached hydrogens (tertiary/aromatic N) is 2. The number of amides is 2. The van der Waals surface area contributed by atoms with Crippen molar-refractivity contribution in [2.24, 2.45) is 10.2 Å². The van der Waals surface area contributed by atoms with E-state index in [1.54, 1.807) is 50.2 Å². The summed E-state index contributed by atoms with van der Waals surface area (Å²) >= 11 is 0. The third-order valence-electron chi connectivity index (χ3n) is 5.28. The fourth-order valence-electron chi connectivity index (χ4n) is 3.33. The van der Waals surface area contributed by atoms with Crippen LogP contribution in [-0.4, -0.2) is 36.8 Å². The summed E-state index contributed by atoms with van der Waals surface area (Å²) in [5, 5.41) is 8.17. The maximum atomic E-state index is 12.4. The monoisotopic (exact) mass is 476 g/mol. The van der Waals surface area contributed by atoms with Crippen LogP contribution in [0.15, 0.2) is 63.2 Å². The van der Waals surface area contributed by atoms with E-state index in [0.717, 1.165) is 11.1 Å². The Morgan fingerprint density at radius 2 is 1.09 bits per heavy atom. The Bertz CT molecular complexity index is 1270. The van der Waals surface area contributed by atoms with E-state index >= 15 is 0 Å². The molecule has 2 aromatic carbocycles. The molecule has 2 amide bonds. The molecule has 0 unspecified atom stereocenters. The molecule has 0 atom stereocenters. The van der Waals surface area contributed by atoms with Gasteiger partial charge in [0.15, 0.2) is 34.5 Å². The molecule has 0 fully saturated rings. The van der Waals surface area contributed by atoms with Crippen molar-refractivity contribution in [2.75, 3.05) is 13.6 Å². The molecule has 1 aromatic heterocycles. The summed E-state index contributed by atoms with van der Waals surface area (Å²) in [6.45, 7) is 3.81. The van der Waals surface area contributed by atoms with E-state index < -0.39 is 11.8 Å². The van der Waals surface area contributed by atoms with E-state index in [0.29, 0.717) is 34.4 Å². The van der Waals surface area contributed by atoms with Gasteiger partial charge in [0, 0.05) is 11.1 Å². The van der Waals surface area contributed by atoms with Crippen molar-refractivity contribution in [1.29, 1.82) is 0 Å². The average molecular weight is 476 g/mol. The maximum absolute atomic E-state index is 12.4. The number of ether oxygens (including phenoxy) is 4. The molecule has 0 radical (unpaired) electrons. The lowest BCUT2D eigenvalue weighted by molar-refractivity contribution is 0.0902. The Hall–Kier alpha value is -4.80. The van der Waals surface area contributed by atoms with Gasteiger partial charge in [-0.05, 0) is 62.4 Å². The van der Waals surface area contributed by atoms with Crippen molar-refractivity contribution in [2.45, 2.75) is 13.8 Å². The standard InChI is InChI=1S/C24H20N4O7/c1-13(15-3-5-17-21(9-15)33-11-31-17)25-27-23(29)19-7-8-20(35-19)24(30)28-26-14(2)16-4-6-18-22(10-16)34-12-32-18/h3-10H,11-12H2,1-2H3,(H,27,29)(H,28,30)/b25-13-,26-14-. The van der Waals surface area contributed by atoms with Gasteiger partial charge in [0.25, 0.3) is 0 Å². The van der Waals surface area contributed by atoms with Crippen LogP contribution in [0.1, 0.15) is 46.1 Å². The minimum absolute atomic E-state index is 0.0751. The Kier molecular flexibility index (Phi) is 5.80. The van der Waals surface area contributed by atoms with Crippen LogP contribution in [0.3, 0.4) is 0 Å². The molecule has 2 aliphatic rings. The zero-order chi connectivity index (χ0) is 24.4. The minimum atomic E-state index is -0.607. The van der Waals surface area contributed by atoms with Gasteiger partial charge in [0.1, 0.15) is 0 Å². The Balaban J connectivity index is 1.19. The fraction of sp³-hybridized carbons (Fsp3) is 0.167. The fourth-order valence-corrected chi connectivity index (χ4v) is 3.33. The maximum Gasteiger partial charge on any atom is 0.307 e. The molecule has 0 saturated carbocycles. The molecule has 35 heavy (non-hydrogen) atoms. The quantitative estimate of drug-likeness (QED) is 0.413. The molecular weight excluding hydrogens is 456 g/mol. The minimum Gasteiger partial charge on any atom is -0.454 e. The van der Waals surface area contributed by atoms with Crippen molar-refractivity contribution in [1.82, 2.24) is 10.9 Å². The summed E-state index contributed by atoms with van der Waals surface area (Å²) in [6, 6.07) is 13.5. The molecule has 2 N–H and O–H groups in total. The molecule has 3 heterocycles. The predicted octanol–water partition coefficient (Wildman–Crippen LogP) is 3.05. The number of hydrazone groups is 2. The second-order valence-corrected chi connectivity index (χ2v) is 7.58. The Morgan fingerprint density at radius 3 is 1.54 bits per heavy atom. The van der Waals surface area contributed by atoms with Crippen molar-refractivity contribution >= 4 is 23.2 Å². The van der Waals surface area contributed by atoms with Crippen LogP contribution in [0.25, 0.3) is 0 Å². The number of hydrogen-bond acceptors (Lipinski definition) is 9. The first-order valence-electron chi connectivity index (χ1n) is 10.6. The first-order valence-corrected chi connectivity index (χ1v) is 10.6. The van der Waals surface area contributed by atoms with Crippen molar-refractivity contribution in [3.8, 4) is 23.0 Å². The van der Waals surface area contributed by atoms with Crippen molar-refractivity contribution in [3.05, 3.63) is 71.2 Å². The first kappa shape index (κ1) is 22.0.